The molecule has 0 fully saturated rings. The van der Waals surface area contributed by atoms with Gasteiger partial charge in [0.05, 0.1) is 0 Å². The summed E-state index contributed by atoms with van der Waals surface area (Å²) in [5.41, 5.74) is 2.82. The number of hydrogen-bond acceptors (Lipinski definition) is 2. The smallest absolute Gasteiger partial charge is 0.0174 e. The van der Waals surface area contributed by atoms with Crippen LogP contribution in [0.25, 0.3) is 0 Å². The van der Waals surface area contributed by atoms with Crippen molar-refractivity contribution in [3.63, 3.8) is 0 Å². The molecule has 0 aliphatic carbocycles. The van der Waals surface area contributed by atoms with Gasteiger partial charge in [0.2, 0.25) is 0 Å². The van der Waals surface area contributed by atoms with Gasteiger partial charge < -0.3 is 10.2 Å². The predicted molar refractivity (Wildman–Crippen MR) is 64.9 cm³/mol. The summed E-state index contributed by atoms with van der Waals surface area (Å²) in [5.74, 6) is 0. The number of rotatable bonds is 8. The van der Waals surface area contributed by atoms with Crippen LogP contribution < -0.4 is 5.32 Å². The lowest BCUT2D eigenvalue weighted by molar-refractivity contribution is 0.289. The Morgan fingerprint density at radius 2 is 2.07 bits per heavy atom. The number of hydrogen-bond donors (Lipinski definition) is 1. The summed E-state index contributed by atoms with van der Waals surface area (Å²) in [6.45, 7) is 11.9. The molecule has 0 aromatic rings. The quantitative estimate of drug-likeness (QED) is 0.630. The van der Waals surface area contributed by atoms with Crippen LogP contribution >= 0.6 is 11.6 Å². The van der Waals surface area contributed by atoms with Crippen LogP contribution in [0.2, 0.25) is 0 Å². The van der Waals surface area contributed by atoms with Gasteiger partial charge in [0.15, 0.2) is 0 Å². The third kappa shape index (κ3) is 7.36. The SMILES string of the molecule is CCCN(CC)CCNCC(C)=CCl. The third-order valence-electron chi connectivity index (χ3n) is 2.18. The van der Waals surface area contributed by atoms with Gasteiger partial charge in [-0.3, -0.25) is 0 Å². The highest BCUT2D eigenvalue weighted by Crippen LogP contribution is 1.92. The monoisotopic (exact) mass is 218 g/mol. The summed E-state index contributed by atoms with van der Waals surface area (Å²) in [7, 11) is 0. The van der Waals surface area contributed by atoms with Gasteiger partial charge in [-0.15, -0.1) is 0 Å². The van der Waals surface area contributed by atoms with Gasteiger partial charge in [-0.25, -0.2) is 0 Å². The van der Waals surface area contributed by atoms with E-state index < -0.39 is 0 Å². The molecule has 0 aromatic heterocycles. The van der Waals surface area contributed by atoms with E-state index in [0.29, 0.717) is 0 Å². The third-order valence-corrected chi connectivity index (χ3v) is 2.55. The van der Waals surface area contributed by atoms with Gasteiger partial charge >= 0.3 is 0 Å². The van der Waals surface area contributed by atoms with E-state index >= 15 is 0 Å². The number of nitrogens with one attached hydrogen (secondary N) is 1. The molecule has 1 N–H and O–H groups in total. The molecule has 3 heteroatoms. The zero-order valence-electron chi connectivity index (χ0n) is 9.65. The Kier molecular flexibility index (Phi) is 9.47. The zero-order valence-corrected chi connectivity index (χ0v) is 10.4. The predicted octanol–water partition coefficient (Wildman–Crippen LogP) is 2.45. The minimum atomic E-state index is 0.896. The van der Waals surface area contributed by atoms with E-state index in [-0.39, 0.29) is 0 Å². The lowest BCUT2D eigenvalue weighted by Gasteiger charge is -2.19. The van der Waals surface area contributed by atoms with E-state index in [1.165, 1.54) is 18.5 Å². The molecule has 0 atom stereocenters. The van der Waals surface area contributed by atoms with Crippen molar-refractivity contribution in [1.82, 2.24) is 10.2 Å². The van der Waals surface area contributed by atoms with Crippen LogP contribution in [0, 0.1) is 0 Å². The first-order valence-electron chi connectivity index (χ1n) is 5.43. The molecule has 0 aliphatic heterocycles. The summed E-state index contributed by atoms with van der Waals surface area (Å²) < 4.78 is 0. The molecule has 0 saturated carbocycles. The number of likely N-dealkylation sites (N-methyl/N-ethyl adjacent to an activating group) is 1. The maximum Gasteiger partial charge on any atom is 0.0174 e. The van der Waals surface area contributed by atoms with Gasteiger partial charge in [0, 0.05) is 25.2 Å². The van der Waals surface area contributed by atoms with Crippen molar-refractivity contribution in [3.8, 4) is 0 Å². The van der Waals surface area contributed by atoms with E-state index in [4.69, 9.17) is 11.6 Å². The molecule has 0 aliphatic rings. The number of halogens is 1. The van der Waals surface area contributed by atoms with Gasteiger partial charge in [0.25, 0.3) is 0 Å². The molecular weight excluding hydrogens is 196 g/mol. The standard InChI is InChI=1S/C11H23ClN2/c1-4-7-14(5-2)8-6-13-10-11(3)9-12/h9,13H,4-8,10H2,1-3H3. The van der Waals surface area contributed by atoms with Gasteiger partial charge in [-0.2, -0.15) is 0 Å². The summed E-state index contributed by atoms with van der Waals surface area (Å²) in [4.78, 5) is 2.45. The molecule has 0 aromatic carbocycles. The van der Waals surface area contributed by atoms with Crippen molar-refractivity contribution < 1.29 is 0 Å². The molecule has 0 unspecified atom stereocenters. The maximum absolute atomic E-state index is 5.56. The Bertz CT molecular complexity index is 157. The van der Waals surface area contributed by atoms with Crippen molar-refractivity contribution >= 4 is 11.6 Å². The highest BCUT2D eigenvalue weighted by atomic mass is 35.5. The summed E-state index contributed by atoms with van der Waals surface area (Å²) in [6, 6.07) is 0. The maximum atomic E-state index is 5.56. The van der Waals surface area contributed by atoms with Gasteiger partial charge in [-0.1, -0.05) is 25.4 Å². The minimum Gasteiger partial charge on any atom is -0.312 e. The normalized spacial score (nSPS) is 12.5. The first-order valence-corrected chi connectivity index (χ1v) is 5.87. The van der Waals surface area contributed by atoms with Crippen LogP contribution in [-0.2, 0) is 0 Å². The molecule has 0 radical (unpaired) electrons. The van der Waals surface area contributed by atoms with Gasteiger partial charge in [-0.05, 0) is 32.0 Å². The topological polar surface area (TPSA) is 15.3 Å². The number of nitrogens with zero attached hydrogens (tertiary/aromatic N) is 1. The lowest BCUT2D eigenvalue weighted by atomic mass is 10.3. The highest BCUT2D eigenvalue weighted by molar-refractivity contribution is 6.25. The van der Waals surface area contributed by atoms with E-state index in [1.54, 1.807) is 5.54 Å². The van der Waals surface area contributed by atoms with E-state index in [1.807, 2.05) is 6.92 Å². The Morgan fingerprint density at radius 3 is 2.57 bits per heavy atom. The van der Waals surface area contributed by atoms with E-state index in [9.17, 15) is 0 Å². The van der Waals surface area contributed by atoms with Crippen LogP contribution in [0.1, 0.15) is 27.2 Å². The summed E-state index contributed by atoms with van der Waals surface area (Å²) in [5, 5.41) is 3.36. The Morgan fingerprint density at radius 1 is 1.36 bits per heavy atom. The molecule has 14 heavy (non-hydrogen) atoms. The van der Waals surface area contributed by atoms with Crippen molar-refractivity contribution in [2.75, 3.05) is 32.7 Å². The minimum absolute atomic E-state index is 0.896. The van der Waals surface area contributed by atoms with Crippen LogP contribution in [-0.4, -0.2) is 37.6 Å². The van der Waals surface area contributed by atoms with Gasteiger partial charge in [0.1, 0.15) is 0 Å². The molecule has 84 valence electrons. The highest BCUT2D eigenvalue weighted by Gasteiger charge is 1.99. The van der Waals surface area contributed by atoms with Crippen LogP contribution in [0.3, 0.4) is 0 Å². The Hall–Kier alpha value is -0.0500. The second kappa shape index (κ2) is 9.50. The molecule has 0 bridgehead atoms. The summed E-state index contributed by atoms with van der Waals surface area (Å²) >= 11 is 5.56. The summed E-state index contributed by atoms with van der Waals surface area (Å²) in [6.07, 6.45) is 1.23. The molecule has 0 spiro atoms. The van der Waals surface area contributed by atoms with Crippen molar-refractivity contribution in [3.05, 3.63) is 11.1 Å². The first kappa shape index (κ1) is 13.9. The van der Waals surface area contributed by atoms with E-state index in [2.05, 4.69) is 24.1 Å². The molecule has 2 nitrogen and oxygen atoms in total. The van der Waals surface area contributed by atoms with Crippen LogP contribution in [0.4, 0.5) is 0 Å². The first-order chi connectivity index (χ1) is 6.74. The lowest BCUT2D eigenvalue weighted by Crippen LogP contribution is -2.33. The molecular formula is C11H23ClN2. The fourth-order valence-electron chi connectivity index (χ4n) is 1.31. The fraction of sp³-hybridized carbons (Fsp3) is 0.818. The van der Waals surface area contributed by atoms with E-state index in [0.717, 1.165) is 26.2 Å². The molecule has 0 heterocycles. The Balaban J connectivity index is 3.41. The van der Waals surface area contributed by atoms with Crippen LogP contribution in [0.5, 0.6) is 0 Å². The second-order valence-corrected chi connectivity index (χ2v) is 3.78. The van der Waals surface area contributed by atoms with Crippen LogP contribution in [0.15, 0.2) is 11.1 Å². The second-order valence-electron chi connectivity index (χ2n) is 3.57. The largest absolute Gasteiger partial charge is 0.312 e. The molecule has 0 saturated heterocycles. The van der Waals surface area contributed by atoms with Crippen molar-refractivity contribution in [2.24, 2.45) is 0 Å². The molecule has 0 amide bonds. The zero-order chi connectivity index (χ0) is 10.8. The average Bonchev–Trinajstić information content (AvgIpc) is 2.22. The molecule has 0 rings (SSSR count). The van der Waals surface area contributed by atoms with Crippen molar-refractivity contribution in [1.29, 1.82) is 0 Å². The average molecular weight is 219 g/mol. The fourth-order valence-corrected chi connectivity index (χ4v) is 1.38. The Labute approximate surface area is 93.3 Å². The van der Waals surface area contributed by atoms with Crippen molar-refractivity contribution in [2.45, 2.75) is 27.2 Å².